The third-order valence-electron chi connectivity index (χ3n) is 7.51. The zero-order valence-electron chi connectivity index (χ0n) is 28.5. The maximum atomic E-state index is 12.0. The van der Waals surface area contributed by atoms with Crippen molar-refractivity contribution < 1.29 is 74.1 Å². The van der Waals surface area contributed by atoms with Crippen molar-refractivity contribution in [3.05, 3.63) is 91.3 Å². The summed E-state index contributed by atoms with van der Waals surface area (Å²) in [4.78, 5) is 73.5. The molecule has 0 radical (unpaired) electrons. The van der Waals surface area contributed by atoms with Crippen LogP contribution >= 0.6 is 11.6 Å². The largest absolute Gasteiger partial charge is 0.412 e. The fraction of sp³-hybridized carbons (Fsp3) is 0.300. The van der Waals surface area contributed by atoms with E-state index in [1.165, 1.54) is 30.1 Å². The number of methoxy groups -OCH3 is 1. The zero-order chi connectivity index (χ0) is 39.0. The molecule has 0 aliphatic carbocycles. The van der Waals surface area contributed by atoms with Crippen LogP contribution in [0.15, 0.2) is 63.3 Å². The van der Waals surface area contributed by atoms with Crippen LogP contribution in [0.3, 0.4) is 0 Å². The van der Waals surface area contributed by atoms with Gasteiger partial charge in [-0.2, -0.15) is 0 Å². The number of benzene rings is 2. The Kier molecular flexibility index (Phi) is 16.0. The molecule has 1 aliphatic heterocycles. The molecular formula is C30H36ClHgN8O12S. The summed E-state index contributed by atoms with van der Waals surface area (Å²) in [6.45, 7) is 0.345. The third-order valence-corrected chi connectivity index (χ3v) is 11.4. The summed E-state index contributed by atoms with van der Waals surface area (Å²) in [5.41, 5.74) is -1.02. The number of H-pyrrole nitrogens is 1. The molecule has 23 heteroatoms. The van der Waals surface area contributed by atoms with E-state index in [-0.39, 0.29) is 51.2 Å². The molecule has 2 atom stereocenters. The number of hydrogen-bond donors (Lipinski definition) is 7. The quantitative estimate of drug-likeness (QED) is 0.0965. The Morgan fingerprint density at radius 3 is 2.38 bits per heavy atom. The Labute approximate surface area is 322 Å². The van der Waals surface area contributed by atoms with Gasteiger partial charge >= 0.3 is 121 Å². The number of carboxylic acids is 1. The van der Waals surface area contributed by atoms with Crippen LogP contribution in [0.25, 0.3) is 11.2 Å². The maximum absolute atomic E-state index is 12.0. The van der Waals surface area contributed by atoms with Gasteiger partial charge in [-0.3, -0.25) is 18.7 Å². The number of nitrogens with zero attached hydrogens (tertiary/aromatic N) is 3. The Hall–Kier alpha value is -4.51. The van der Waals surface area contributed by atoms with Crippen molar-refractivity contribution in [1.29, 1.82) is 0 Å². The number of urea groups is 1. The van der Waals surface area contributed by atoms with Crippen molar-refractivity contribution in [2.24, 2.45) is 19.2 Å². The number of primary sulfonamides is 1. The number of halogens is 1. The number of amides is 4. The van der Waals surface area contributed by atoms with Gasteiger partial charge in [0.15, 0.2) is 11.4 Å². The van der Waals surface area contributed by atoms with Crippen LogP contribution in [0.4, 0.5) is 4.79 Å². The molecule has 0 saturated heterocycles. The van der Waals surface area contributed by atoms with Gasteiger partial charge in [0.2, 0.25) is 10.0 Å². The number of aryl methyl sites for hydroxylation is 1. The molecule has 2 aromatic heterocycles. The van der Waals surface area contributed by atoms with E-state index >= 15 is 0 Å². The van der Waals surface area contributed by atoms with Crippen LogP contribution in [-0.4, -0.2) is 86.8 Å². The summed E-state index contributed by atoms with van der Waals surface area (Å²) in [6.07, 6.45) is 0.881. The van der Waals surface area contributed by atoms with Crippen LogP contribution < -0.4 is 32.3 Å². The van der Waals surface area contributed by atoms with Crippen molar-refractivity contribution in [3.63, 3.8) is 0 Å². The molecule has 53 heavy (non-hydrogen) atoms. The number of sulfonamides is 1. The Bertz CT molecular complexity index is 2220. The first-order valence-electron chi connectivity index (χ1n) is 15.0. The molecule has 0 spiro atoms. The van der Waals surface area contributed by atoms with Gasteiger partial charge in [0.05, 0.1) is 11.3 Å². The average Bonchev–Trinajstić information content (AvgIpc) is 3.69. The third kappa shape index (κ3) is 11.0. The van der Waals surface area contributed by atoms with Crippen LogP contribution in [0.5, 0.6) is 0 Å². The molecule has 0 fully saturated rings. The second-order valence-corrected chi connectivity index (χ2v) is 15.2. The molecule has 10 N–H and O–H groups in total. The minimum Gasteiger partial charge on any atom is -0.412 e. The number of imidazole rings is 1. The van der Waals surface area contributed by atoms with E-state index in [1.54, 1.807) is 38.4 Å². The number of carboxylic acid groups (broad SMARTS) is 1. The van der Waals surface area contributed by atoms with E-state index in [0.717, 1.165) is 14.6 Å². The molecule has 0 saturated carbocycles. The number of aromatic amines is 1. The number of aliphatic carboxylic acids is 1. The number of aliphatic hydroxyl groups is 1. The Morgan fingerprint density at radius 2 is 1.77 bits per heavy atom. The number of carbonyl (C=O) groups is 4. The van der Waals surface area contributed by atoms with Gasteiger partial charge in [0, 0.05) is 30.8 Å². The van der Waals surface area contributed by atoms with Crippen molar-refractivity contribution in [3.8, 4) is 0 Å². The molecular weight excluding hydrogens is 932 g/mol. The SMILES string of the molecule is COC([CH2][Hg])CNC(=O)NC(=O)CCC(=O)O.Cn1c(=O)c2[nH]cnc2n(C)c1=O.NS(=O)(=O)c1cc(C2(O)NC(=O)c3ccccc32)ccc1Cl.O. The molecule has 2 unspecified atom stereocenters. The van der Waals surface area contributed by atoms with Crippen molar-refractivity contribution in [2.75, 3.05) is 13.7 Å². The summed E-state index contributed by atoms with van der Waals surface area (Å²) < 4.78 is 31.5. The van der Waals surface area contributed by atoms with E-state index in [0.29, 0.717) is 55.0 Å². The van der Waals surface area contributed by atoms with E-state index < -0.39 is 39.6 Å². The first kappa shape index (κ1) is 44.6. The minimum atomic E-state index is -4.06. The number of nitrogens with one attached hydrogen (secondary N) is 4. The van der Waals surface area contributed by atoms with Gasteiger partial charge in [0.25, 0.3) is 11.5 Å². The molecule has 5 rings (SSSR count). The zero-order valence-corrected chi connectivity index (χ0v) is 35.6. The number of rotatable bonds is 9. The second-order valence-electron chi connectivity index (χ2n) is 11.0. The summed E-state index contributed by atoms with van der Waals surface area (Å²) in [7, 11) is 0.515. The van der Waals surface area contributed by atoms with E-state index in [4.69, 9.17) is 26.6 Å². The number of fused-ring (bicyclic) bond motifs is 2. The van der Waals surface area contributed by atoms with Crippen molar-refractivity contribution in [2.45, 2.75) is 33.5 Å². The van der Waals surface area contributed by atoms with Crippen LogP contribution in [0, 0.1) is 0 Å². The number of aromatic nitrogens is 4. The van der Waals surface area contributed by atoms with Gasteiger partial charge < -0.3 is 20.9 Å². The number of nitrogens with two attached hydrogens (primary N) is 1. The molecule has 283 valence electrons. The summed E-state index contributed by atoms with van der Waals surface area (Å²) in [6, 6.07) is 9.76. The van der Waals surface area contributed by atoms with E-state index in [2.05, 4.69) is 20.6 Å². The van der Waals surface area contributed by atoms with Crippen molar-refractivity contribution >= 4 is 56.6 Å². The van der Waals surface area contributed by atoms with Crippen molar-refractivity contribution in [1.82, 2.24) is 35.1 Å². The van der Waals surface area contributed by atoms with Gasteiger partial charge in [-0.15, -0.1) is 0 Å². The molecule has 4 aromatic rings. The van der Waals surface area contributed by atoms with Crippen LogP contribution in [0.1, 0.15) is 34.3 Å². The van der Waals surface area contributed by atoms with Crippen LogP contribution in [-0.2, 0) is 70.3 Å². The van der Waals surface area contributed by atoms with Crippen LogP contribution in [0.2, 0.25) is 8.95 Å². The predicted octanol–water partition coefficient (Wildman–Crippen LogP) is -1.28. The minimum absolute atomic E-state index is 0. The monoisotopic (exact) mass is 969 g/mol. The van der Waals surface area contributed by atoms with E-state index in [9.17, 15) is 42.3 Å². The van der Waals surface area contributed by atoms with Gasteiger partial charge in [-0.25, -0.2) is 23.3 Å². The molecule has 3 heterocycles. The second kappa shape index (κ2) is 19.0. The summed E-state index contributed by atoms with van der Waals surface area (Å²) >= 11 is 6.41. The molecule has 0 bridgehead atoms. The topological polar surface area (TPSA) is 318 Å². The summed E-state index contributed by atoms with van der Waals surface area (Å²) in [5.74, 6) is -2.13. The molecule has 20 nitrogen and oxygen atoms in total. The van der Waals surface area contributed by atoms with Gasteiger partial charge in [-0.05, 0) is 18.2 Å². The molecule has 2 aromatic carbocycles. The fourth-order valence-corrected chi connectivity index (χ4v) is 7.48. The molecule has 1 aliphatic rings. The first-order chi connectivity index (χ1) is 24.3. The average molecular weight is 969 g/mol. The predicted molar refractivity (Wildman–Crippen MR) is 184 cm³/mol. The number of imide groups is 1. The number of carbonyl (C=O) groups excluding carboxylic acids is 3. The standard InChI is InChI=1S/C14H11ClN2O4S.C9H15N2O5.C7H8N4O2.Hg.H2O/c15-11-6-5-8(7-12(11)22(16,20)21)14(19)10-4-2-1-3-9(10)13(18)17-14;1-6(16-2)5-10-9(15)11-7(12)3-4-8(13)14;1-10-5-4(8-3-9-5)6(12)11(2)7(10)13;;/h1-7,19H,(H,17,18)(H2,16,20,21);6H,1,3-5H2,2H3,(H,13,14)(H2,10,11,12,15);3H,1-2H3,(H,8,9);;1H2. The Morgan fingerprint density at radius 1 is 1.11 bits per heavy atom. The maximum Gasteiger partial charge on any atom is 0.332 e. The fourth-order valence-electron chi connectivity index (χ4n) is 4.70. The van der Waals surface area contributed by atoms with Gasteiger partial charge in [-0.1, -0.05) is 35.9 Å². The first-order valence-corrected chi connectivity index (χ1v) is 20.8. The number of hydrogen-bond acceptors (Lipinski definition) is 11. The van der Waals surface area contributed by atoms with Gasteiger partial charge in [0.1, 0.15) is 10.4 Å². The molecule has 4 amide bonds. The number of ether oxygens (including phenoxy) is 1. The summed E-state index contributed by atoms with van der Waals surface area (Å²) in [5, 5.41) is 31.2. The van der Waals surface area contributed by atoms with E-state index in [1.807, 2.05) is 5.32 Å². The smallest absolute Gasteiger partial charge is 0.332 e. The normalized spacial score (nSPS) is 15.0. The Balaban J connectivity index is 0.000000282.